The fourth-order valence-electron chi connectivity index (χ4n) is 2.97. The number of fused-ring (bicyclic) bond motifs is 1. The van der Waals surface area contributed by atoms with Gasteiger partial charge in [0.15, 0.2) is 0 Å². The molecule has 0 bridgehead atoms. The highest BCUT2D eigenvalue weighted by atomic mass is 19.1. The van der Waals surface area contributed by atoms with E-state index < -0.39 is 0 Å². The topological polar surface area (TPSA) is 52.2 Å². The van der Waals surface area contributed by atoms with Gasteiger partial charge in [0.05, 0.1) is 17.4 Å². The Morgan fingerprint density at radius 3 is 2.74 bits per heavy atom. The maximum absolute atomic E-state index is 13.4. The molecule has 1 N–H and O–H groups in total. The van der Waals surface area contributed by atoms with Crippen LogP contribution in [0.5, 0.6) is 0 Å². The van der Waals surface area contributed by atoms with Crippen molar-refractivity contribution in [1.29, 1.82) is 0 Å². The fraction of sp³-hybridized carbons (Fsp3) is 0.238. The van der Waals surface area contributed by atoms with Crippen molar-refractivity contribution in [2.24, 2.45) is 0 Å². The molecular weight excluding hydrogens is 343 g/mol. The average molecular weight is 366 g/mol. The summed E-state index contributed by atoms with van der Waals surface area (Å²) in [7, 11) is 3.77. The van der Waals surface area contributed by atoms with Crippen LogP contribution >= 0.6 is 0 Å². The van der Waals surface area contributed by atoms with Gasteiger partial charge in [-0.1, -0.05) is 24.3 Å². The van der Waals surface area contributed by atoms with Crippen molar-refractivity contribution in [3.05, 3.63) is 82.3 Å². The standard InChI is InChI=1S/C21H23FN4O/c1-14-8-9-19-18(10-14)21(27)24-20(23-19)13-25(3)12-15(2)26(4)17-7-5-6-16(22)11-17/h5-11H,2,12-13H2,1,3-4H3,(H,23,24,27). The molecule has 140 valence electrons. The van der Waals surface area contributed by atoms with Crippen LogP contribution in [-0.2, 0) is 6.54 Å². The summed E-state index contributed by atoms with van der Waals surface area (Å²) < 4.78 is 13.4. The van der Waals surface area contributed by atoms with Crippen LogP contribution in [0.25, 0.3) is 10.9 Å². The van der Waals surface area contributed by atoms with E-state index in [-0.39, 0.29) is 11.4 Å². The Hall–Kier alpha value is -2.99. The van der Waals surface area contributed by atoms with Gasteiger partial charge < -0.3 is 9.88 Å². The number of likely N-dealkylation sites (N-methyl/N-ethyl adjacent to an activating group) is 2. The maximum atomic E-state index is 13.4. The van der Waals surface area contributed by atoms with Gasteiger partial charge in [-0.15, -0.1) is 0 Å². The Morgan fingerprint density at radius 1 is 1.22 bits per heavy atom. The summed E-state index contributed by atoms with van der Waals surface area (Å²) in [6, 6.07) is 12.0. The lowest BCUT2D eigenvalue weighted by atomic mass is 10.2. The van der Waals surface area contributed by atoms with E-state index in [1.54, 1.807) is 6.07 Å². The van der Waals surface area contributed by atoms with E-state index in [1.807, 2.05) is 55.1 Å². The minimum atomic E-state index is -0.284. The number of halogens is 1. The first kappa shape index (κ1) is 18.8. The van der Waals surface area contributed by atoms with Gasteiger partial charge in [0, 0.05) is 25.0 Å². The summed E-state index contributed by atoms with van der Waals surface area (Å²) in [5.74, 6) is 0.314. The Morgan fingerprint density at radius 2 is 2.00 bits per heavy atom. The van der Waals surface area contributed by atoms with Gasteiger partial charge >= 0.3 is 0 Å². The number of anilines is 1. The number of nitrogens with zero attached hydrogens (tertiary/aromatic N) is 3. The van der Waals surface area contributed by atoms with Crippen molar-refractivity contribution in [2.75, 3.05) is 25.5 Å². The lowest BCUT2D eigenvalue weighted by Gasteiger charge is -2.26. The number of nitrogens with one attached hydrogen (secondary N) is 1. The number of hydrogen-bond donors (Lipinski definition) is 1. The van der Waals surface area contributed by atoms with Crippen molar-refractivity contribution in [2.45, 2.75) is 13.5 Å². The number of aryl methyl sites for hydroxylation is 1. The molecule has 1 heterocycles. The molecule has 0 spiro atoms. The third kappa shape index (κ3) is 4.41. The van der Waals surface area contributed by atoms with Gasteiger partial charge in [-0.25, -0.2) is 9.37 Å². The third-order valence-corrected chi connectivity index (χ3v) is 4.45. The van der Waals surface area contributed by atoms with Crippen molar-refractivity contribution in [3.8, 4) is 0 Å². The predicted molar refractivity (Wildman–Crippen MR) is 107 cm³/mol. The van der Waals surface area contributed by atoms with Crippen LogP contribution < -0.4 is 10.5 Å². The molecule has 0 atom stereocenters. The van der Waals surface area contributed by atoms with Gasteiger partial charge in [0.25, 0.3) is 5.56 Å². The molecule has 0 amide bonds. The zero-order valence-corrected chi connectivity index (χ0v) is 15.8. The molecule has 3 rings (SSSR count). The number of aromatic amines is 1. The van der Waals surface area contributed by atoms with Gasteiger partial charge in [-0.2, -0.15) is 0 Å². The second-order valence-corrected chi connectivity index (χ2v) is 6.81. The second-order valence-electron chi connectivity index (χ2n) is 6.81. The molecular formula is C21H23FN4O. The number of benzene rings is 2. The van der Waals surface area contributed by atoms with Crippen molar-refractivity contribution in [3.63, 3.8) is 0 Å². The Labute approximate surface area is 157 Å². The third-order valence-electron chi connectivity index (χ3n) is 4.45. The highest BCUT2D eigenvalue weighted by Crippen LogP contribution is 2.18. The largest absolute Gasteiger partial charge is 0.347 e. The highest BCUT2D eigenvalue weighted by molar-refractivity contribution is 5.78. The first-order chi connectivity index (χ1) is 12.8. The minimum absolute atomic E-state index is 0.136. The van der Waals surface area contributed by atoms with Gasteiger partial charge in [-0.3, -0.25) is 9.69 Å². The molecule has 1 aromatic heterocycles. The van der Waals surface area contributed by atoms with Crippen LogP contribution in [0.4, 0.5) is 10.1 Å². The average Bonchev–Trinajstić information content (AvgIpc) is 2.61. The predicted octanol–water partition coefficient (Wildman–Crippen LogP) is 3.45. The number of aromatic nitrogens is 2. The Kier molecular flexibility index (Phi) is 5.37. The van der Waals surface area contributed by atoms with Crippen LogP contribution in [0.15, 0.2) is 59.5 Å². The molecule has 0 unspecified atom stereocenters. The molecule has 3 aromatic rings. The van der Waals surface area contributed by atoms with Crippen LogP contribution in [0, 0.1) is 12.7 Å². The van der Waals surface area contributed by atoms with Crippen LogP contribution in [0.1, 0.15) is 11.4 Å². The van der Waals surface area contributed by atoms with E-state index in [4.69, 9.17) is 0 Å². The van der Waals surface area contributed by atoms with E-state index >= 15 is 0 Å². The maximum Gasteiger partial charge on any atom is 0.258 e. The van der Waals surface area contributed by atoms with E-state index in [9.17, 15) is 9.18 Å². The molecule has 0 aliphatic carbocycles. The molecule has 27 heavy (non-hydrogen) atoms. The monoisotopic (exact) mass is 366 g/mol. The van der Waals surface area contributed by atoms with Crippen LogP contribution in [0.2, 0.25) is 0 Å². The SMILES string of the molecule is C=C(CN(C)Cc1nc2ccc(C)cc2c(=O)[nH]1)N(C)c1cccc(F)c1. The summed E-state index contributed by atoms with van der Waals surface area (Å²) in [6.45, 7) is 7.05. The zero-order valence-electron chi connectivity index (χ0n) is 15.8. The number of H-pyrrole nitrogens is 1. The van der Waals surface area contributed by atoms with E-state index in [2.05, 4.69) is 16.5 Å². The lowest BCUT2D eigenvalue weighted by molar-refractivity contribution is 0.343. The van der Waals surface area contributed by atoms with Crippen molar-refractivity contribution < 1.29 is 4.39 Å². The number of hydrogen-bond acceptors (Lipinski definition) is 4. The van der Waals surface area contributed by atoms with Gasteiger partial charge in [-0.05, 0) is 44.3 Å². The summed E-state index contributed by atoms with van der Waals surface area (Å²) in [6.07, 6.45) is 0. The zero-order chi connectivity index (χ0) is 19.6. The minimum Gasteiger partial charge on any atom is -0.347 e. The smallest absolute Gasteiger partial charge is 0.258 e. The highest BCUT2D eigenvalue weighted by Gasteiger charge is 2.11. The molecule has 6 heteroatoms. The molecule has 0 fully saturated rings. The summed E-state index contributed by atoms with van der Waals surface area (Å²) in [4.78, 5) is 23.5. The molecule has 0 radical (unpaired) electrons. The first-order valence-corrected chi connectivity index (χ1v) is 8.68. The van der Waals surface area contributed by atoms with E-state index in [0.717, 1.165) is 16.9 Å². The fourth-order valence-corrected chi connectivity index (χ4v) is 2.97. The lowest BCUT2D eigenvalue weighted by Crippen LogP contribution is -2.29. The van der Waals surface area contributed by atoms with Gasteiger partial charge in [0.2, 0.25) is 0 Å². The normalized spacial score (nSPS) is 11.1. The Bertz CT molecular complexity index is 1040. The van der Waals surface area contributed by atoms with Crippen molar-refractivity contribution >= 4 is 16.6 Å². The molecule has 0 aliphatic heterocycles. The summed E-state index contributed by atoms with van der Waals surface area (Å²) in [5.41, 5.74) is 3.12. The van der Waals surface area contributed by atoms with Crippen molar-refractivity contribution in [1.82, 2.24) is 14.9 Å². The quantitative estimate of drug-likeness (QED) is 0.726. The molecule has 0 saturated heterocycles. The van der Waals surface area contributed by atoms with E-state index in [1.165, 1.54) is 12.1 Å². The Balaban J connectivity index is 1.71. The molecule has 5 nitrogen and oxygen atoms in total. The number of rotatable bonds is 6. The van der Waals surface area contributed by atoms with Crippen LogP contribution in [0.3, 0.4) is 0 Å². The van der Waals surface area contributed by atoms with E-state index in [0.29, 0.717) is 29.8 Å². The molecule has 0 saturated carbocycles. The first-order valence-electron chi connectivity index (χ1n) is 8.68. The summed E-state index contributed by atoms with van der Waals surface area (Å²) >= 11 is 0. The molecule has 2 aromatic carbocycles. The molecule has 0 aliphatic rings. The van der Waals surface area contributed by atoms with Gasteiger partial charge in [0.1, 0.15) is 11.6 Å². The second kappa shape index (κ2) is 7.72. The summed E-state index contributed by atoms with van der Waals surface area (Å²) in [5, 5.41) is 0.594. The van der Waals surface area contributed by atoms with Crippen LogP contribution in [-0.4, -0.2) is 35.5 Å².